The van der Waals surface area contributed by atoms with E-state index in [4.69, 9.17) is 4.74 Å². The van der Waals surface area contributed by atoms with Crippen LogP contribution in [0.4, 0.5) is 11.4 Å². The second-order valence-corrected chi connectivity index (χ2v) is 9.13. The van der Waals surface area contributed by atoms with Gasteiger partial charge in [-0.15, -0.1) is 0 Å². The molecule has 4 rings (SSSR count). The lowest BCUT2D eigenvalue weighted by Gasteiger charge is -2.39. The maximum atomic E-state index is 10.9. The Bertz CT molecular complexity index is 926. The van der Waals surface area contributed by atoms with Crippen LogP contribution in [0.15, 0.2) is 42.5 Å². The SMILES string of the molecule is CCCN(CCN1CCN(c2ccc([N+](=O)[O-])cc2)CC1)[C@H]1CCc2c(cccc2OC)C1. The highest BCUT2D eigenvalue weighted by atomic mass is 16.6. The van der Waals surface area contributed by atoms with Crippen LogP contribution in [0.3, 0.4) is 0 Å². The molecule has 1 fully saturated rings. The molecule has 1 saturated heterocycles. The number of nitro benzene ring substituents is 1. The Labute approximate surface area is 197 Å². The van der Waals surface area contributed by atoms with Crippen LogP contribution in [0, 0.1) is 10.1 Å². The van der Waals surface area contributed by atoms with Crippen LogP contribution in [0.5, 0.6) is 5.75 Å². The third kappa shape index (κ3) is 5.65. The Morgan fingerprint density at radius 3 is 2.52 bits per heavy atom. The van der Waals surface area contributed by atoms with Gasteiger partial charge in [0.05, 0.1) is 12.0 Å². The summed E-state index contributed by atoms with van der Waals surface area (Å²) in [6, 6.07) is 14.0. The maximum absolute atomic E-state index is 10.9. The van der Waals surface area contributed by atoms with Crippen LogP contribution in [-0.4, -0.2) is 73.7 Å². The zero-order valence-corrected chi connectivity index (χ0v) is 19.9. The summed E-state index contributed by atoms with van der Waals surface area (Å²) in [4.78, 5) is 18.1. The zero-order chi connectivity index (χ0) is 23.2. The van der Waals surface area contributed by atoms with Crippen molar-refractivity contribution >= 4 is 11.4 Å². The Morgan fingerprint density at radius 2 is 1.85 bits per heavy atom. The number of benzene rings is 2. The number of non-ortho nitro benzene ring substituents is 1. The van der Waals surface area contributed by atoms with Crippen molar-refractivity contribution < 1.29 is 9.66 Å². The van der Waals surface area contributed by atoms with Crippen molar-refractivity contribution in [3.8, 4) is 5.75 Å². The molecule has 1 heterocycles. The minimum absolute atomic E-state index is 0.150. The van der Waals surface area contributed by atoms with Gasteiger partial charge in [0.25, 0.3) is 5.69 Å². The van der Waals surface area contributed by atoms with Crippen LogP contribution in [-0.2, 0) is 12.8 Å². The summed E-state index contributed by atoms with van der Waals surface area (Å²) in [5.74, 6) is 1.04. The fourth-order valence-electron chi connectivity index (χ4n) is 5.30. The van der Waals surface area contributed by atoms with Crippen LogP contribution >= 0.6 is 0 Å². The number of anilines is 1. The first kappa shape index (κ1) is 23.5. The van der Waals surface area contributed by atoms with Crippen LogP contribution in [0.1, 0.15) is 30.9 Å². The van der Waals surface area contributed by atoms with E-state index in [0.29, 0.717) is 6.04 Å². The van der Waals surface area contributed by atoms with Crippen LogP contribution in [0.25, 0.3) is 0 Å². The number of piperazine rings is 1. The number of hydrogen-bond donors (Lipinski definition) is 0. The first-order valence-corrected chi connectivity index (χ1v) is 12.2. The topological polar surface area (TPSA) is 62.1 Å². The monoisotopic (exact) mass is 452 g/mol. The number of fused-ring (bicyclic) bond motifs is 1. The standard InChI is InChI=1S/C26H36N4O3/c1-3-13-28(24-11-12-25-21(20-24)5-4-6-26(25)33-2)17-14-27-15-18-29(19-16-27)22-7-9-23(10-8-22)30(31)32/h4-10,24H,3,11-20H2,1-2H3/t24-/m0/s1. The molecule has 0 spiro atoms. The van der Waals surface area contributed by atoms with Gasteiger partial charge in [-0.1, -0.05) is 19.1 Å². The van der Waals surface area contributed by atoms with Crippen LogP contribution < -0.4 is 9.64 Å². The molecule has 0 amide bonds. The predicted octanol–water partition coefficient (Wildman–Crippen LogP) is 3.99. The summed E-state index contributed by atoms with van der Waals surface area (Å²) in [5, 5.41) is 10.9. The molecule has 0 unspecified atom stereocenters. The molecule has 33 heavy (non-hydrogen) atoms. The molecule has 7 nitrogen and oxygen atoms in total. The van der Waals surface area contributed by atoms with Crippen molar-refractivity contribution in [2.45, 2.75) is 38.6 Å². The van der Waals surface area contributed by atoms with Crippen LogP contribution in [0.2, 0.25) is 0 Å². The number of ether oxygens (including phenoxy) is 1. The van der Waals surface area contributed by atoms with Gasteiger partial charge in [0.15, 0.2) is 0 Å². The van der Waals surface area contributed by atoms with E-state index in [9.17, 15) is 10.1 Å². The number of methoxy groups -OCH3 is 1. The summed E-state index contributed by atoms with van der Waals surface area (Å²) in [6.45, 7) is 9.60. The summed E-state index contributed by atoms with van der Waals surface area (Å²) >= 11 is 0. The number of nitro groups is 1. The van der Waals surface area contributed by atoms with E-state index in [1.807, 2.05) is 12.1 Å². The van der Waals surface area contributed by atoms with E-state index >= 15 is 0 Å². The van der Waals surface area contributed by atoms with E-state index in [1.54, 1.807) is 19.2 Å². The van der Waals surface area contributed by atoms with Gasteiger partial charge >= 0.3 is 0 Å². The Hall–Kier alpha value is -2.64. The average Bonchev–Trinajstić information content (AvgIpc) is 2.86. The minimum atomic E-state index is -0.342. The molecule has 1 atom stereocenters. The Balaban J connectivity index is 1.29. The van der Waals surface area contributed by atoms with Crippen molar-refractivity contribution in [2.75, 3.05) is 57.8 Å². The largest absolute Gasteiger partial charge is 0.496 e. The van der Waals surface area contributed by atoms with Gasteiger partial charge in [0, 0.05) is 63.1 Å². The molecule has 2 aromatic carbocycles. The molecule has 0 N–H and O–H groups in total. The summed E-state index contributed by atoms with van der Waals surface area (Å²) < 4.78 is 5.59. The first-order valence-electron chi connectivity index (χ1n) is 12.2. The molecule has 0 radical (unpaired) electrons. The summed E-state index contributed by atoms with van der Waals surface area (Å²) in [5.41, 5.74) is 4.07. The number of nitrogens with zero attached hydrogens (tertiary/aromatic N) is 4. The zero-order valence-electron chi connectivity index (χ0n) is 19.9. The maximum Gasteiger partial charge on any atom is 0.269 e. The van der Waals surface area contributed by atoms with Crippen molar-refractivity contribution in [1.82, 2.24) is 9.80 Å². The minimum Gasteiger partial charge on any atom is -0.496 e. The molecular formula is C26H36N4O3. The highest BCUT2D eigenvalue weighted by Crippen LogP contribution is 2.31. The van der Waals surface area contributed by atoms with Gasteiger partial charge in [-0.25, -0.2) is 0 Å². The fraction of sp³-hybridized carbons (Fsp3) is 0.538. The predicted molar refractivity (Wildman–Crippen MR) is 132 cm³/mol. The summed E-state index contributed by atoms with van der Waals surface area (Å²) in [7, 11) is 1.77. The first-order chi connectivity index (χ1) is 16.1. The van der Waals surface area contributed by atoms with E-state index in [0.717, 1.165) is 70.1 Å². The third-order valence-electron chi connectivity index (χ3n) is 7.16. The number of rotatable bonds is 9. The molecule has 2 aromatic rings. The van der Waals surface area contributed by atoms with Gasteiger partial charge < -0.3 is 9.64 Å². The Kier molecular flexibility index (Phi) is 7.83. The second-order valence-electron chi connectivity index (χ2n) is 9.13. The third-order valence-corrected chi connectivity index (χ3v) is 7.16. The Morgan fingerprint density at radius 1 is 1.09 bits per heavy atom. The number of hydrogen-bond acceptors (Lipinski definition) is 6. The van der Waals surface area contributed by atoms with E-state index < -0.39 is 0 Å². The normalized spacial score (nSPS) is 18.9. The molecule has 7 heteroatoms. The molecule has 0 saturated carbocycles. The van der Waals surface area contributed by atoms with Gasteiger partial charge in [-0.3, -0.25) is 19.9 Å². The molecule has 1 aliphatic heterocycles. The molecule has 2 aliphatic rings. The van der Waals surface area contributed by atoms with Crippen molar-refractivity contribution in [3.05, 3.63) is 63.7 Å². The van der Waals surface area contributed by atoms with Gasteiger partial charge in [0.1, 0.15) is 5.75 Å². The quantitative estimate of drug-likeness (QED) is 0.423. The summed E-state index contributed by atoms with van der Waals surface area (Å²) in [6.07, 6.45) is 4.58. The van der Waals surface area contributed by atoms with Crippen molar-refractivity contribution in [2.24, 2.45) is 0 Å². The van der Waals surface area contributed by atoms with Gasteiger partial charge in [0.2, 0.25) is 0 Å². The highest BCUT2D eigenvalue weighted by Gasteiger charge is 2.26. The molecule has 0 aromatic heterocycles. The lowest BCUT2D eigenvalue weighted by atomic mass is 9.86. The van der Waals surface area contributed by atoms with E-state index in [-0.39, 0.29) is 10.6 Å². The molecular weight excluding hydrogens is 416 g/mol. The van der Waals surface area contributed by atoms with Crippen molar-refractivity contribution in [1.29, 1.82) is 0 Å². The van der Waals surface area contributed by atoms with E-state index in [1.165, 1.54) is 24.0 Å². The second kappa shape index (κ2) is 11.0. The molecule has 1 aliphatic carbocycles. The van der Waals surface area contributed by atoms with Gasteiger partial charge in [-0.05, 0) is 61.6 Å². The lowest BCUT2D eigenvalue weighted by molar-refractivity contribution is -0.384. The fourth-order valence-corrected chi connectivity index (χ4v) is 5.30. The lowest BCUT2D eigenvalue weighted by Crippen LogP contribution is -2.50. The van der Waals surface area contributed by atoms with Crippen molar-refractivity contribution in [3.63, 3.8) is 0 Å². The average molecular weight is 453 g/mol. The molecule has 178 valence electrons. The van der Waals surface area contributed by atoms with E-state index in [2.05, 4.69) is 39.8 Å². The van der Waals surface area contributed by atoms with Gasteiger partial charge in [-0.2, -0.15) is 0 Å². The smallest absolute Gasteiger partial charge is 0.269 e. The molecule has 0 bridgehead atoms. The highest BCUT2D eigenvalue weighted by molar-refractivity contribution is 5.51.